The van der Waals surface area contributed by atoms with Crippen LogP contribution in [0.2, 0.25) is 0 Å². The molecule has 1 heterocycles. The first-order valence-corrected chi connectivity index (χ1v) is 9.51. The third kappa shape index (κ3) is 5.33. The van der Waals surface area contributed by atoms with Crippen LogP contribution in [0.3, 0.4) is 0 Å². The lowest BCUT2D eigenvalue weighted by atomic mass is 10.0. The molecule has 2 N–H and O–H groups in total. The van der Waals surface area contributed by atoms with Crippen molar-refractivity contribution in [2.24, 2.45) is 0 Å². The molecule has 0 spiro atoms. The third-order valence-electron chi connectivity index (χ3n) is 5.06. The van der Waals surface area contributed by atoms with E-state index in [1.165, 1.54) is 0 Å². The van der Waals surface area contributed by atoms with Crippen molar-refractivity contribution in [1.29, 1.82) is 0 Å². The molecule has 1 aliphatic heterocycles. The molecule has 2 unspecified atom stereocenters. The molecular weight excluding hydrogens is 340 g/mol. The number of hydrogen-bond acceptors (Lipinski definition) is 2. The van der Waals surface area contributed by atoms with Crippen LogP contribution in [0.5, 0.6) is 0 Å². The molecule has 5 heteroatoms. The molecular formula is C22H26N2O3. The van der Waals surface area contributed by atoms with E-state index in [-0.39, 0.29) is 24.5 Å². The molecule has 0 radical (unpaired) electrons. The normalized spacial score (nSPS) is 17.5. The van der Waals surface area contributed by atoms with E-state index in [0.717, 1.165) is 30.5 Å². The highest BCUT2D eigenvalue weighted by Crippen LogP contribution is 2.31. The summed E-state index contributed by atoms with van der Waals surface area (Å²) in [4.78, 5) is 25.8. The summed E-state index contributed by atoms with van der Waals surface area (Å²) < 4.78 is 0. The summed E-state index contributed by atoms with van der Waals surface area (Å²) in [5.41, 5.74) is 2.24. The van der Waals surface area contributed by atoms with Crippen molar-refractivity contribution >= 4 is 12.0 Å². The Bertz CT molecular complexity index is 749. The van der Waals surface area contributed by atoms with Crippen LogP contribution in [-0.2, 0) is 11.2 Å². The van der Waals surface area contributed by atoms with Gasteiger partial charge in [-0.2, -0.15) is 0 Å². The first-order chi connectivity index (χ1) is 13.1. The fourth-order valence-electron chi connectivity index (χ4n) is 3.71. The maximum Gasteiger partial charge on any atom is 0.318 e. The van der Waals surface area contributed by atoms with Crippen LogP contribution < -0.4 is 5.32 Å². The molecule has 1 fully saturated rings. The van der Waals surface area contributed by atoms with Crippen molar-refractivity contribution in [3.8, 4) is 0 Å². The van der Waals surface area contributed by atoms with Crippen molar-refractivity contribution < 1.29 is 14.7 Å². The van der Waals surface area contributed by atoms with Gasteiger partial charge in [0.25, 0.3) is 0 Å². The van der Waals surface area contributed by atoms with Gasteiger partial charge in [-0.3, -0.25) is 4.79 Å². The number of rotatable bonds is 7. The lowest BCUT2D eigenvalue weighted by molar-refractivity contribution is -0.137. The molecule has 3 rings (SSSR count). The summed E-state index contributed by atoms with van der Waals surface area (Å²) in [7, 11) is 0. The summed E-state index contributed by atoms with van der Waals surface area (Å²) in [6.45, 7) is 0.725. The van der Waals surface area contributed by atoms with Gasteiger partial charge in [0.2, 0.25) is 0 Å². The summed E-state index contributed by atoms with van der Waals surface area (Å²) >= 11 is 0. The average molecular weight is 366 g/mol. The van der Waals surface area contributed by atoms with E-state index in [2.05, 4.69) is 17.4 Å². The summed E-state index contributed by atoms with van der Waals surface area (Å²) in [6.07, 6.45) is 3.02. The number of carbonyl (C=O) groups is 2. The predicted molar refractivity (Wildman–Crippen MR) is 104 cm³/mol. The van der Waals surface area contributed by atoms with E-state index >= 15 is 0 Å². The first kappa shape index (κ1) is 19.0. The largest absolute Gasteiger partial charge is 0.481 e. The van der Waals surface area contributed by atoms with Crippen LogP contribution in [0.1, 0.15) is 42.9 Å². The van der Waals surface area contributed by atoms with E-state index in [9.17, 15) is 9.59 Å². The number of carbonyl (C=O) groups excluding carboxylic acids is 1. The average Bonchev–Trinajstić information content (AvgIpc) is 3.17. The van der Waals surface area contributed by atoms with Gasteiger partial charge >= 0.3 is 12.0 Å². The zero-order valence-corrected chi connectivity index (χ0v) is 15.4. The van der Waals surface area contributed by atoms with Crippen LogP contribution in [0.4, 0.5) is 4.79 Å². The van der Waals surface area contributed by atoms with Gasteiger partial charge in [-0.25, -0.2) is 4.79 Å². The molecule has 0 aliphatic carbocycles. The molecule has 1 aliphatic rings. The number of amides is 2. The Morgan fingerprint density at radius 3 is 2.41 bits per heavy atom. The molecule has 0 saturated carbocycles. The van der Waals surface area contributed by atoms with Crippen molar-refractivity contribution in [2.45, 2.75) is 44.2 Å². The SMILES string of the molecule is O=C(O)CCC(Cc1ccccc1)NC(=O)N1CCCC1c1ccccc1. The van der Waals surface area contributed by atoms with Crippen LogP contribution >= 0.6 is 0 Å². The zero-order valence-electron chi connectivity index (χ0n) is 15.4. The topological polar surface area (TPSA) is 69.6 Å². The molecule has 27 heavy (non-hydrogen) atoms. The Labute approximate surface area is 160 Å². The molecule has 2 aromatic rings. The number of hydrogen-bond donors (Lipinski definition) is 2. The lowest BCUT2D eigenvalue weighted by Gasteiger charge is -2.28. The van der Waals surface area contributed by atoms with Crippen LogP contribution in [0.15, 0.2) is 60.7 Å². The summed E-state index contributed by atoms with van der Waals surface area (Å²) in [5, 5.41) is 12.1. The standard InChI is InChI=1S/C22H26N2O3/c25-21(26)14-13-19(16-17-8-3-1-4-9-17)23-22(27)24-15-7-12-20(24)18-10-5-2-6-11-18/h1-6,8-11,19-20H,7,12-16H2,(H,23,27)(H,25,26). The lowest BCUT2D eigenvalue weighted by Crippen LogP contribution is -2.45. The van der Waals surface area contributed by atoms with Gasteiger partial charge < -0.3 is 15.3 Å². The Kier molecular flexibility index (Phi) is 6.47. The maximum absolute atomic E-state index is 12.9. The molecule has 2 amide bonds. The molecule has 0 aromatic heterocycles. The first-order valence-electron chi connectivity index (χ1n) is 9.51. The van der Waals surface area contributed by atoms with E-state index in [1.807, 2.05) is 53.4 Å². The van der Waals surface area contributed by atoms with Gasteiger partial charge in [0.1, 0.15) is 0 Å². The van der Waals surface area contributed by atoms with E-state index in [4.69, 9.17) is 5.11 Å². The van der Waals surface area contributed by atoms with Crippen LogP contribution in [0, 0.1) is 0 Å². The van der Waals surface area contributed by atoms with E-state index in [0.29, 0.717) is 12.8 Å². The van der Waals surface area contributed by atoms with Gasteiger partial charge in [-0.15, -0.1) is 0 Å². The van der Waals surface area contributed by atoms with Crippen molar-refractivity contribution in [1.82, 2.24) is 10.2 Å². The molecule has 2 aromatic carbocycles. The van der Waals surface area contributed by atoms with Crippen molar-refractivity contribution in [3.05, 3.63) is 71.8 Å². The highest BCUT2D eigenvalue weighted by Gasteiger charge is 2.30. The Hall–Kier alpha value is -2.82. The second-order valence-electron chi connectivity index (χ2n) is 7.03. The Morgan fingerprint density at radius 2 is 1.74 bits per heavy atom. The number of carboxylic acids is 1. The number of likely N-dealkylation sites (tertiary alicyclic amines) is 1. The second-order valence-corrected chi connectivity index (χ2v) is 7.03. The minimum Gasteiger partial charge on any atom is -0.481 e. The molecule has 142 valence electrons. The molecule has 1 saturated heterocycles. The van der Waals surface area contributed by atoms with Crippen LogP contribution in [-0.4, -0.2) is 34.6 Å². The highest BCUT2D eigenvalue weighted by atomic mass is 16.4. The number of carboxylic acid groups (broad SMARTS) is 1. The predicted octanol–water partition coefficient (Wildman–Crippen LogP) is 4.01. The van der Waals surface area contributed by atoms with Gasteiger partial charge in [0, 0.05) is 19.0 Å². The van der Waals surface area contributed by atoms with Gasteiger partial charge in [-0.05, 0) is 36.8 Å². The maximum atomic E-state index is 12.9. The van der Waals surface area contributed by atoms with Crippen molar-refractivity contribution in [2.75, 3.05) is 6.54 Å². The van der Waals surface area contributed by atoms with Gasteiger partial charge in [-0.1, -0.05) is 60.7 Å². The minimum absolute atomic E-state index is 0.0416. The van der Waals surface area contributed by atoms with E-state index in [1.54, 1.807) is 0 Å². The quantitative estimate of drug-likeness (QED) is 0.778. The monoisotopic (exact) mass is 366 g/mol. The Balaban J connectivity index is 1.68. The van der Waals surface area contributed by atoms with Crippen LogP contribution in [0.25, 0.3) is 0 Å². The van der Waals surface area contributed by atoms with Gasteiger partial charge in [0.05, 0.1) is 6.04 Å². The number of nitrogens with one attached hydrogen (secondary N) is 1. The number of nitrogens with zero attached hydrogens (tertiary/aromatic N) is 1. The Morgan fingerprint density at radius 1 is 1.07 bits per heavy atom. The minimum atomic E-state index is -0.842. The zero-order chi connectivity index (χ0) is 19.1. The van der Waals surface area contributed by atoms with Crippen molar-refractivity contribution in [3.63, 3.8) is 0 Å². The van der Waals surface area contributed by atoms with Gasteiger partial charge in [0.15, 0.2) is 0 Å². The number of urea groups is 1. The smallest absolute Gasteiger partial charge is 0.318 e. The molecule has 5 nitrogen and oxygen atoms in total. The summed E-state index contributed by atoms with van der Waals surface area (Å²) in [5.74, 6) is -0.842. The molecule has 2 atom stereocenters. The summed E-state index contributed by atoms with van der Waals surface area (Å²) in [6, 6.07) is 19.7. The van der Waals surface area contributed by atoms with E-state index < -0.39 is 5.97 Å². The molecule has 0 bridgehead atoms. The second kappa shape index (κ2) is 9.21. The number of aliphatic carboxylic acids is 1. The highest BCUT2D eigenvalue weighted by molar-refractivity contribution is 5.75. The fraction of sp³-hybridized carbons (Fsp3) is 0.364. The third-order valence-corrected chi connectivity index (χ3v) is 5.06. The fourth-order valence-corrected chi connectivity index (χ4v) is 3.71. The number of benzene rings is 2.